The van der Waals surface area contributed by atoms with Crippen LogP contribution in [0.1, 0.15) is 42.3 Å². The number of nitrogens with one attached hydrogen (secondary N) is 3. The number of hydrogen-bond donors (Lipinski definition) is 3. The second-order valence-electron chi connectivity index (χ2n) is 11.3. The Bertz CT molecular complexity index is 1790. The van der Waals surface area contributed by atoms with Crippen molar-refractivity contribution in [2.24, 2.45) is 7.05 Å². The normalized spacial score (nSPS) is 11.2. The van der Waals surface area contributed by atoms with E-state index in [4.69, 9.17) is 4.98 Å². The van der Waals surface area contributed by atoms with E-state index in [0.717, 1.165) is 28.2 Å². The van der Waals surface area contributed by atoms with E-state index in [1.807, 2.05) is 104 Å². The van der Waals surface area contributed by atoms with Gasteiger partial charge in [0.05, 0.1) is 5.69 Å². The molecule has 0 unspecified atom stereocenters. The highest BCUT2D eigenvalue weighted by Crippen LogP contribution is 2.29. The van der Waals surface area contributed by atoms with Crippen molar-refractivity contribution in [3.63, 3.8) is 0 Å². The van der Waals surface area contributed by atoms with E-state index in [1.54, 1.807) is 13.2 Å². The second-order valence-corrected chi connectivity index (χ2v) is 11.3. The van der Waals surface area contributed by atoms with Crippen molar-refractivity contribution in [3.05, 3.63) is 130 Å². The van der Waals surface area contributed by atoms with Gasteiger partial charge in [-0.05, 0) is 72.0 Å². The molecular formula is C35H35N5O2. The van der Waals surface area contributed by atoms with Crippen LogP contribution < -0.4 is 21.5 Å². The third-order valence-electron chi connectivity index (χ3n) is 7.13. The molecule has 5 aromatic rings. The Morgan fingerprint density at radius 1 is 0.786 bits per heavy atom. The molecule has 4 aromatic carbocycles. The lowest BCUT2D eigenvalue weighted by Crippen LogP contribution is -2.21. The number of aromatic nitrogens is 2. The number of nitrogens with zero attached hydrogens (tertiary/aromatic N) is 2. The third-order valence-corrected chi connectivity index (χ3v) is 7.13. The standard InChI is InChI=1S/C35H35N5O2/c1-23-29(15-10-16-30(23)39-33(41)24-17-19-25(20-18-24)35(2,3)4)31-22-40(5)34(42)32(38-31)37-28-14-9-13-27(21-28)36-26-11-7-6-8-12-26/h6-22,36H,1-5H3,(H,37,38)(H,39,41). The largest absolute Gasteiger partial charge is 0.355 e. The molecule has 1 aromatic heterocycles. The zero-order valence-corrected chi connectivity index (χ0v) is 24.5. The average molecular weight is 558 g/mol. The molecule has 1 amide bonds. The van der Waals surface area contributed by atoms with Crippen molar-refractivity contribution in [1.82, 2.24) is 9.55 Å². The van der Waals surface area contributed by atoms with E-state index >= 15 is 0 Å². The molecule has 0 fully saturated rings. The molecule has 0 atom stereocenters. The van der Waals surface area contributed by atoms with Gasteiger partial charge in [-0.2, -0.15) is 0 Å². The molecule has 42 heavy (non-hydrogen) atoms. The summed E-state index contributed by atoms with van der Waals surface area (Å²) in [6, 6.07) is 30.9. The van der Waals surface area contributed by atoms with Gasteiger partial charge < -0.3 is 20.5 Å². The van der Waals surface area contributed by atoms with Gasteiger partial charge in [0.1, 0.15) is 0 Å². The minimum atomic E-state index is -0.249. The van der Waals surface area contributed by atoms with Gasteiger partial charge in [-0.1, -0.05) is 69.3 Å². The minimum Gasteiger partial charge on any atom is -0.355 e. The average Bonchev–Trinajstić information content (AvgIpc) is 2.97. The summed E-state index contributed by atoms with van der Waals surface area (Å²) >= 11 is 0. The Morgan fingerprint density at radius 3 is 2.12 bits per heavy atom. The number of rotatable bonds is 7. The fraction of sp³-hybridized carbons (Fsp3) is 0.171. The molecule has 0 bridgehead atoms. The molecular weight excluding hydrogens is 522 g/mol. The summed E-state index contributed by atoms with van der Waals surface area (Å²) in [6.07, 6.45) is 1.71. The Hall–Kier alpha value is -5.17. The summed E-state index contributed by atoms with van der Waals surface area (Å²) < 4.78 is 1.51. The molecule has 1 heterocycles. The molecule has 212 valence electrons. The van der Waals surface area contributed by atoms with E-state index in [-0.39, 0.29) is 22.7 Å². The monoisotopic (exact) mass is 557 g/mol. The molecule has 0 aliphatic heterocycles. The van der Waals surface area contributed by atoms with E-state index in [0.29, 0.717) is 16.9 Å². The predicted molar refractivity (Wildman–Crippen MR) is 172 cm³/mol. The fourth-order valence-electron chi connectivity index (χ4n) is 4.68. The van der Waals surface area contributed by atoms with Crippen LogP contribution in [0.25, 0.3) is 11.3 Å². The molecule has 7 nitrogen and oxygen atoms in total. The Labute approximate surface area is 246 Å². The van der Waals surface area contributed by atoms with Gasteiger partial charge in [-0.3, -0.25) is 9.59 Å². The smallest absolute Gasteiger partial charge is 0.293 e. The van der Waals surface area contributed by atoms with Crippen LogP contribution >= 0.6 is 0 Å². The van der Waals surface area contributed by atoms with Crippen LogP contribution in [0.2, 0.25) is 0 Å². The summed E-state index contributed by atoms with van der Waals surface area (Å²) in [5.74, 6) is 0.0233. The van der Waals surface area contributed by atoms with E-state index < -0.39 is 0 Å². The molecule has 5 rings (SSSR count). The number of benzene rings is 4. The van der Waals surface area contributed by atoms with Crippen molar-refractivity contribution >= 4 is 34.5 Å². The van der Waals surface area contributed by atoms with Crippen molar-refractivity contribution in [1.29, 1.82) is 0 Å². The molecule has 3 N–H and O–H groups in total. The lowest BCUT2D eigenvalue weighted by molar-refractivity contribution is 0.102. The minimum absolute atomic E-state index is 0.0122. The Morgan fingerprint density at radius 2 is 1.43 bits per heavy atom. The number of carbonyl (C=O) groups excluding carboxylic acids is 1. The van der Waals surface area contributed by atoms with Crippen LogP contribution in [0.3, 0.4) is 0 Å². The van der Waals surface area contributed by atoms with Crippen LogP contribution in [-0.4, -0.2) is 15.5 Å². The number of anilines is 5. The third kappa shape index (κ3) is 6.41. The first kappa shape index (κ1) is 28.4. The maximum atomic E-state index is 13.1. The highest BCUT2D eigenvalue weighted by atomic mass is 16.1. The van der Waals surface area contributed by atoms with E-state index in [9.17, 15) is 9.59 Å². The van der Waals surface area contributed by atoms with Gasteiger partial charge in [0.15, 0.2) is 5.82 Å². The highest BCUT2D eigenvalue weighted by Gasteiger charge is 2.17. The van der Waals surface area contributed by atoms with Crippen LogP contribution in [0.15, 0.2) is 108 Å². The van der Waals surface area contributed by atoms with Gasteiger partial charge in [0.2, 0.25) is 0 Å². The van der Waals surface area contributed by atoms with Gasteiger partial charge in [0, 0.05) is 47.1 Å². The zero-order valence-electron chi connectivity index (χ0n) is 24.5. The number of amides is 1. The highest BCUT2D eigenvalue weighted by molar-refractivity contribution is 6.05. The first-order chi connectivity index (χ1) is 20.1. The number of para-hydroxylation sites is 1. The van der Waals surface area contributed by atoms with Crippen molar-refractivity contribution in [3.8, 4) is 11.3 Å². The topological polar surface area (TPSA) is 88.0 Å². The number of carbonyl (C=O) groups is 1. The lowest BCUT2D eigenvalue weighted by Gasteiger charge is -2.19. The second kappa shape index (κ2) is 11.7. The van der Waals surface area contributed by atoms with Crippen LogP contribution in [0, 0.1) is 6.92 Å². The summed E-state index contributed by atoms with van der Waals surface area (Å²) in [4.78, 5) is 30.8. The van der Waals surface area contributed by atoms with Crippen LogP contribution in [-0.2, 0) is 12.5 Å². The molecule has 0 radical (unpaired) electrons. The molecule has 7 heteroatoms. The first-order valence-electron chi connectivity index (χ1n) is 13.9. The van der Waals surface area contributed by atoms with Gasteiger partial charge in [-0.15, -0.1) is 0 Å². The molecule has 0 spiro atoms. The molecule has 0 aliphatic carbocycles. The first-order valence-corrected chi connectivity index (χ1v) is 13.9. The quantitative estimate of drug-likeness (QED) is 0.190. The molecule has 0 aliphatic rings. The summed E-state index contributed by atoms with van der Waals surface area (Å²) in [5, 5.41) is 9.61. The molecule has 0 saturated heterocycles. The SMILES string of the molecule is Cc1c(NC(=O)c2ccc(C(C)(C)C)cc2)cccc1-c1cn(C)c(=O)c(Nc2cccc(Nc3ccccc3)c2)n1. The van der Waals surface area contributed by atoms with Crippen LogP contribution in [0.5, 0.6) is 0 Å². The maximum absolute atomic E-state index is 13.1. The van der Waals surface area contributed by atoms with E-state index in [1.165, 1.54) is 10.1 Å². The Kier molecular flexibility index (Phi) is 7.93. The number of aryl methyl sites for hydroxylation is 1. The summed E-state index contributed by atoms with van der Waals surface area (Å²) in [5.41, 5.74) is 7.06. The van der Waals surface area contributed by atoms with Crippen LogP contribution in [0.4, 0.5) is 28.6 Å². The zero-order chi connectivity index (χ0) is 29.9. The predicted octanol–water partition coefficient (Wildman–Crippen LogP) is 7.79. The molecule has 0 saturated carbocycles. The van der Waals surface area contributed by atoms with Crippen molar-refractivity contribution in [2.75, 3.05) is 16.0 Å². The summed E-state index contributed by atoms with van der Waals surface area (Å²) in [6.45, 7) is 8.37. The fourth-order valence-corrected chi connectivity index (χ4v) is 4.68. The van der Waals surface area contributed by atoms with Crippen molar-refractivity contribution < 1.29 is 4.79 Å². The van der Waals surface area contributed by atoms with Gasteiger partial charge >= 0.3 is 0 Å². The van der Waals surface area contributed by atoms with Gasteiger partial charge in [-0.25, -0.2) is 4.98 Å². The van der Waals surface area contributed by atoms with E-state index in [2.05, 4.69) is 36.7 Å². The number of hydrogen-bond acceptors (Lipinski definition) is 5. The van der Waals surface area contributed by atoms with Crippen molar-refractivity contribution in [2.45, 2.75) is 33.1 Å². The van der Waals surface area contributed by atoms with Gasteiger partial charge in [0.25, 0.3) is 11.5 Å². The Balaban J connectivity index is 1.39. The lowest BCUT2D eigenvalue weighted by atomic mass is 9.86. The maximum Gasteiger partial charge on any atom is 0.293 e. The summed E-state index contributed by atoms with van der Waals surface area (Å²) in [7, 11) is 1.70.